The zero-order chi connectivity index (χ0) is 19.3. The van der Waals surface area contributed by atoms with Crippen LogP contribution in [0.4, 0.5) is 19.0 Å². The molecule has 2 atom stereocenters. The van der Waals surface area contributed by atoms with Gasteiger partial charge >= 0.3 is 12.2 Å². The summed E-state index contributed by atoms with van der Waals surface area (Å²) < 4.78 is 45.1. The number of halogens is 5. The van der Waals surface area contributed by atoms with Crippen molar-refractivity contribution in [2.75, 3.05) is 18.0 Å². The van der Waals surface area contributed by atoms with Crippen molar-refractivity contribution < 1.29 is 17.9 Å². The second-order valence-corrected chi connectivity index (χ2v) is 7.71. The van der Waals surface area contributed by atoms with E-state index in [9.17, 15) is 13.2 Å². The lowest BCUT2D eigenvalue weighted by Crippen LogP contribution is -2.51. The number of hydrogen-bond acceptors (Lipinski definition) is 5. The number of piperazine rings is 1. The Morgan fingerprint density at radius 2 is 1.96 bits per heavy atom. The maximum absolute atomic E-state index is 13.5. The maximum Gasteiger partial charge on any atom is 0.417 e. The Labute approximate surface area is 166 Å². The number of aromatic nitrogens is 2. The molecule has 4 rings (SSSR count). The van der Waals surface area contributed by atoms with Crippen LogP contribution in [-0.2, 0) is 6.18 Å². The van der Waals surface area contributed by atoms with Crippen LogP contribution in [0, 0.1) is 12.5 Å². The molecule has 2 fully saturated rings. The lowest BCUT2D eigenvalue weighted by atomic mass is 10.1. The van der Waals surface area contributed by atoms with E-state index in [-0.39, 0.29) is 38.5 Å². The molecule has 142 valence electrons. The van der Waals surface area contributed by atoms with Gasteiger partial charge in [0.2, 0.25) is 0 Å². The lowest BCUT2D eigenvalue weighted by molar-refractivity contribution is -0.138. The SMILES string of the molecule is C#COc1nc(N2CC3CCC(C2)N3)c2cc(C(F)(F)F)c(Br)c(Cl)c2n1. The molecule has 2 aromatic rings. The van der Waals surface area contributed by atoms with Crippen molar-refractivity contribution in [1.82, 2.24) is 15.3 Å². The minimum absolute atomic E-state index is 0.126. The highest BCUT2D eigenvalue weighted by Crippen LogP contribution is 2.44. The van der Waals surface area contributed by atoms with Crippen LogP contribution < -0.4 is 15.0 Å². The predicted molar refractivity (Wildman–Crippen MR) is 98.9 cm³/mol. The van der Waals surface area contributed by atoms with Crippen LogP contribution in [0.5, 0.6) is 6.01 Å². The van der Waals surface area contributed by atoms with E-state index in [0.717, 1.165) is 18.9 Å². The van der Waals surface area contributed by atoms with Gasteiger partial charge in [-0.1, -0.05) is 18.0 Å². The fourth-order valence-corrected chi connectivity index (χ4v) is 4.46. The number of ether oxygens (including phenoxy) is 1. The first-order valence-electron chi connectivity index (χ1n) is 8.18. The van der Waals surface area contributed by atoms with Gasteiger partial charge < -0.3 is 15.0 Å². The summed E-state index contributed by atoms with van der Waals surface area (Å²) >= 11 is 9.15. The molecule has 1 aromatic heterocycles. The van der Waals surface area contributed by atoms with Crippen molar-refractivity contribution in [3.63, 3.8) is 0 Å². The van der Waals surface area contributed by atoms with Crippen molar-refractivity contribution >= 4 is 44.3 Å². The second kappa shape index (κ2) is 6.69. The number of nitrogens with zero attached hydrogens (tertiary/aromatic N) is 3. The van der Waals surface area contributed by atoms with Crippen LogP contribution in [0.15, 0.2) is 10.5 Å². The van der Waals surface area contributed by atoms with Gasteiger partial charge in [-0.25, -0.2) is 0 Å². The summed E-state index contributed by atoms with van der Waals surface area (Å²) in [4.78, 5) is 10.3. The van der Waals surface area contributed by atoms with Gasteiger partial charge in [0, 0.05) is 30.6 Å². The molecule has 3 heterocycles. The Kier molecular flexibility index (Phi) is 4.61. The molecule has 10 heteroatoms. The van der Waals surface area contributed by atoms with Gasteiger partial charge in [-0.3, -0.25) is 0 Å². The highest BCUT2D eigenvalue weighted by atomic mass is 79.9. The van der Waals surface area contributed by atoms with Crippen LogP contribution in [-0.4, -0.2) is 35.1 Å². The van der Waals surface area contributed by atoms with Gasteiger partial charge in [0.05, 0.1) is 20.6 Å². The molecule has 2 bridgehead atoms. The molecule has 0 radical (unpaired) electrons. The first-order valence-corrected chi connectivity index (χ1v) is 9.35. The number of terminal acetylenes is 1. The number of anilines is 1. The van der Waals surface area contributed by atoms with Gasteiger partial charge in [-0.05, 0) is 34.8 Å². The lowest BCUT2D eigenvalue weighted by Gasteiger charge is -2.34. The Bertz CT molecular complexity index is 950. The van der Waals surface area contributed by atoms with Gasteiger partial charge in [0.15, 0.2) is 0 Å². The Hall–Kier alpha value is -1.76. The summed E-state index contributed by atoms with van der Waals surface area (Å²) in [6.07, 6.45) is 4.60. The topological polar surface area (TPSA) is 50.3 Å². The largest absolute Gasteiger partial charge is 0.417 e. The monoisotopic (exact) mass is 460 g/mol. The summed E-state index contributed by atoms with van der Waals surface area (Å²) in [6, 6.07) is 1.42. The summed E-state index contributed by atoms with van der Waals surface area (Å²) in [5, 5.41) is 3.52. The molecule has 27 heavy (non-hydrogen) atoms. The van der Waals surface area contributed by atoms with E-state index in [0.29, 0.717) is 18.9 Å². The molecule has 2 aliphatic rings. The third kappa shape index (κ3) is 3.30. The maximum atomic E-state index is 13.5. The van der Waals surface area contributed by atoms with Crippen LogP contribution in [0.1, 0.15) is 18.4 Å². The van der Waals surface area contributed by atoms with Gasteiger partial charge in [0.1, 0.15) is 11.9 Å². The van der Waals surface area contributed by atoms with Gasteiger partial charge in [-0.15, -0.1) is 0 Å². The molecule has 0 amide bonds. The molecule has 0 aliphatic carbocycles. The molecule has 2 saturated heterocycles. The third-order valence-corrected chi connectivity index (χ3v) is 6.22. The van der Waals surface area contributed by atoms with E-state index < -0.39 is 11.7 Å². The first-order chi connectivity index (χ1) is 12.8. The molecule has 1 N–H and O–H groups in total. The van der Waals surface area contributed by atoms with Crippen molar-refractivity contribution in [2.45, 2.75) is 31.1 Å². The molecule has 1 aromatic carbocycles. The Morgan fingerprint density at radius 1 is 1.30 bits per heavy atom. The number of alkyl halides is 3. The number of benzene rings is 1. The Morgan fingerprint density at radius 3 is 2.56 bits per heavy atom. The van der Waals surface area contributed by atoms with Gasteiger partial charge in [0.25, 0.3) is 0 Å². The van der Waals surface area contributed by atoms with Crippen LogP contribution >= 0.6 is 27.5 Å². The third-order valence-electron chi connectivity index (χ3n) is 4.80. The number of nitrogens with one attached hydrogen (secondary N) is 1. The van der Waals surface area contributed by atoms with Crippen LogP contribution in [0.25, 0.3) is 10.9 Å². The quantitative estimate of drug-likeness (QED) is 0.686. The van der Waals surface area contributed by atoms with Gasteiger partial charge in [-0.2, -0.15) is 23.1 Å². The fraction of sp³-hybridized carbons (Fsp3) is 0.412. The molecule has 2 aliphatic heterocycles. The summed E-state index contributed by atoms with van der Waals surface area (Å²) in [5.41, 5.74) is -0.730. The van der Waals surface area contributed by atoms with E-state index in [1.54, 1.807) is 0 Å². The second-order valence-electron chi connectivity index (χ2n) is 6.54. The Balaban J connectivity index is 1.95. The van der Waals surface area contributed by atoms with Crippen molar-refractivity contribution in [3.8, 4) is 18.5 Å². The smallest absolute Gasteiger partial charge is 0.370 e. The zero-order valence-electron chi connectivity index (χ0n) is 13.8. The molecule has 2 unspecified atom stereocenters. The minimum atomic E-state index is -4.58. The summed E-state index contributed by atoms with van der Waals surface area (Å²) in [5.74, 6) is 0.337. The van der Waals surface area contributed by atoms with Crippen molar-refractivity contribution in [1.29, 1.82) is 0 Å². The first kappa shape index (κ1) is 18.6. The number of hydrogen-bond donors (Lipinski definition) is 1. The van der Waals surface area contributed by atoms with E-state index >= 15 is 0 Å². The minimum Gasteiger partial charge on any atom is -0.370 e. The van der Waals surface area contributed by atoms with E-state index in [4.69, 9.17) is 22.8 Å². The van der Waals surface area contributed by atoms with Crippen LogP contribution in [0.3, 0.4) is 0 Å². The van der Waals surface area contributed by atoms with E-state index in [1.807, 2.05) is 11.0 Å². The standard InChI is InChI=1S/C17H13BrClF3N4O/c1-2-27-16-24-14-10(5-11(17(20,21)22)12(18)13(14)19)15(25-16)26-6-8-3-4-9(7-26)23-8/h1,5,8-9,23H,3-4,6-7H2. The average Bonchev–Trinajstić information content (AvgIpc) is 2.95. The average molecular weight is 462 g/mol. The predicted octanol–water partition coefficient (Wildman–Crippen LogP) is 3.97. The number of fused-ring (bicyclic) bond motifs is 3. The van der Waals surface area contributed by atoms with E-state index in [1.165, 1.54) is 0 Å². The van der Waals surface area contributed by atoms with Crippen molar-refractivity contribution in [2.24, 2.45) is 0 Å². The van der Waals surface area contributed by atoms with E-state index in [2.05, 4.69) is 31.2 Å². The highest BCUT2D eigenvalue weighted by molar-refractivity contribution is 9.10. The molecule has 0 spiro atoms. The fourth-order valence-electron chi connectivity index (χ4n) is 3.68. The molecular formula is C17H13BrClF3N4O. The normalized spacial score (nSPS) is 22.1. The summed E-state index contributed by atoms with van der Waals surface area (Å²) in [7, 11) is 0. The summed E-state index contributed by atoms with van der Waals surface area (Å²) in [6.45, 7) is 1.24. The molecular weight excluding hydrogens is 449 g/mol. The highest BCUT2D eigenvalue weighted by Gasteiger charge is 2.37. The zero-order valence-corrected chi connectivity index (χ0v) is 16.1. The molecule has 5 nitrogen and oxygen atoms in total. The number of rotatable bonds is 2. The van der Waals surface area contributed by atoms with Crippen molar-refractivity contribution in [3.05, 3.63) is 21.1 Å². The molecule has 0 saturated carbocycles. The van der Waals surface area contributed by atoms with Crippen LogP contribution in [0.2, 0.25) is 5.02 Å².